The molecule has 0 aliphatic rings. The number of carbonyl (C=O) groups is 1. The summed E-state index contributed by atoms with van der Waals surface area (Å²) in [5.41, 5.74) is 6.90. The van der Waals surface area contributed by atoms with Crippen molar-refractivity contribution in [2.75, 3.05) is 34.4 Å². The average molecular weight is 512 g/mol. The fraction of sp³-hybridized carbons (Fsp3) is 0.241. The molecule has 9 heteroatoms. The third-order valence-corrected chi connectivity index (χ3v) is 5.45. The summed E-state index contributed by atoms with van der Waals surface area (Å²) in [6.45, 7) is 10.6. The molecule has 4 rings (SSSR count). The third kappa shape index (κ3) is 7.67. The molecule has 0 unspecified atom stereocenters. The first-order valence-electron chi connectivity index (χ1n) is 12.5. The second-order valence-corrected chi connectivity index (χ2v) is 9.17. The number of rotatable bonds is 10. The minimum Gasteiger partial charge on any atom is -0.494 e. The molecule has 1 heterocycles. The number of amides is 1. The van der Waals surface area contributed by atoms with Crippen LogP contribution in [0.5, 0.6) is 5.75 Å². The number of carbonyl (C=O) groups excluding carboxylic acids is 1. The highest BCUT2D eigenvalue weighted by Gasteiger charge is 2.11. The lowest BCUT2D eigenvalue weighted by molar-refractivity contribution is -0.114. The highest BCUT2D eigenvalue weighted by atomic mass is 16.5. The van der Waals surface area contributed by atoms with Crippen LogP contribution in [-0.2, 0) is 4.79 Å². The van der Waals surface area contributed by atoms with Gasteiger partial charge in [0.1, 0.15) is 5.75 Å². The number of anilines is 6. The van der Waals surface area contributed by atoms with E-state index in [1.807, 2.05) is 71.0 Å². The Kier molecular flexibility index (Phi) is 8.37. The van der Waals surface area contributed by atoms with E-state index in [0.717, 1.165) is 39.4 Å². The van der Waals surface area contributed by atoms with Gasteiger partial charge >= 0.3 is 0 Å². The average Bonchev–Trinajstić information content (AvgIpc) is 2.83. The van der Waals surface area contributed by atoms with Crippen LogP contribution in [-0.4, -0.2) is 34.0 Å². The van der Waals surface area contributed by atoms with Crippen molar-refractivity contribution >= 4 is 40.8 Å². The molecule has 1 aromatic heterocycles. The second-order valence-electron chi connectivity index (χ2n) is 9.17. The number of benzene rings is 3. The Morgan fingerprint density at radius 1 is 0.684 bits per heavy atom. The Bertz CT molecular complexity index is 1310. The number of hydrogen-bond acceptors (Lipinski definition) is 8. The molecule has 0 aliphatic heterocycles. The van der Waals surface area contributed by atoms with Crippen molar-refractivity contribution in [3.05, 3.63) is 82.9 Å². The fourth-order valence-corrected chi connectivity index (χ4v) is 4.08. The smallest absolute Gasteiger partial charge is 0.243 e. The van der Waals surface area contributed by atoms with Crippen LogP contribution in [0.4, 0.5) is 34.9 Å². The van der Waals surface area contributed by atoms with Gasteiger partial charge in [0.15, 0.2) is 0 Å². The molecular formula is C29H33N7O2. The molecule has 4 aromatic rings. The summed E-state index contributed by atoms with van der Waals surface area (Å²) >= 11 is 0. The topological polar surface area (TPSA) is 113 Å². The Labute approximate surface area is 223 Å². The molecule has 0 radical (unpaired) electrons. The summed E-state index contributed by atoms with van der Waals surface area (Å²) in [7, 11) is 0. The molecule has 3 aromatic carbocycles. The molecular weight excluding hydrogens is 478 g/mol. The van der Waals surface area contributed by atoms with E-state index in [-0.39, 0.29) is 18.4 Å². The largest absolute Gasteiger partial charge is 0.494 e. The molecule has 0 atom stereocenters. The van der Waals surface area contributed by atoms with Crippen molar-refractivity contribution in [1.29, 1.82) is 0 Å². The van der Waals surface area contributed by atoms with Crippen molar-refractivity contribution in [3.8, 4) is 5.75 Å². The van der Waals surface area contributed by atoms with Gasteiger partial charge in [0, 0.05) is 17.1 Å². The molecule has 0 spiro atoms. The number of aryl methyl sites for hydroxylation is 4. The van der Waals surface area contributed by atoms with Gasteiger partial charge in [0.2, 0.25) is 23.8 Å². The Balaban J connectivity index is 1.52. The van der Waals surface area contributed by atoms with Gasteiger partial charge in [-0.15, -0.1) is 0 Å². The molecule has 196 valence electrons. The van der Waals surface area contributed by atoms with Crippen molar-refractivity contribution in [2.24, 2.45) is 0 Å². The van der Waals surface area contributed by atoms with E-state index >= 15 is 0 Å². The molecule has 38 heavy (non-hydrogen) atoms. The zero-order valence-electron chi connectivity index (χ0n) is 22.3. The minimum absolute atomic E-state index is 0.0246. The zero-order chi connectivity index (χ0) is 27.1. The van der Waals surface area contributed by atoms with Crippen LogP contribution in [0, 0.1) is 27.7 Å². The van der Waals surface area contributed by atoms with Crippen LogP contribution in [0.1, 0.15) is 29.2 Å². The van der Waals surface area contributed by atoms with Crippen molar-refractivity contribution < 1.29 is 9.53 Å². The SMILES string of the molecule is CCOc1ccc(NC(=O)CNc2nc(Nc3cc(C)cc(C)c3)nc(Nc3cc(C)cc(C)c3)n2)cc1. The molecule has 0 bridgehead atoms. The lowest BCUT2D eigenvalue weighted by Crippen LogP contribution is -2.23. The van der Waals surface area contributed by atoms with E-state index in [2.05, 4.69) is 48.4 Å². The summed E-state index contributed by atoms with van der Waals surface area (Å²) in [5.74, 6) is 1.49. The number of nitrogens with zero attached hydrogens (tertiary/aromatic N) is 3. The quantitative estimate of drug-likeness (QED) is 0.204. The summed E-state index contributed by atoms with van der Waals surface area (Å²) in [4.78, 5) is 26.1. The van der Waals surface area contributed by atoms with Gasteiger partial charge in [0.05, 0.1) is 13.2 Å². The maximum absolute atomic E-state index is 12.6. The van der Waals surface area contributed by atoms with E-state index in [9.17, 15) is 4.79 Å². The second kappa shape index (κ2) is 12.1. The summed E-state index contributed by atoms with van der Waals surface area (Å²) in [6.07, 6.45) is 0. The lowest BCUT2D eigenvalue weighted by Gasteiger charge is -2.13. The van der Waals surface area contributed by atoms with E-state index in [4.69, 9.17) is 4.74 Å². The lowest BCUT2D eigenvalue weighted by atomic mass is 10.1. The molecule has 1 amide bonds. The minimum atomic E-state index is -0.234. The van der Waals surface area contributed by atoms with Gasteiger partial charge in [-0.2, -0.15) is 15.0 Å². The molecule has 0 fully saturated rings. The molecule has 0 saturated carbocycles. The van der Waals surface area contributed by atoms with Gasteiger partial charge in [-0.3, -0.25) is 4.79 Å². The van der Waals surface area contributed by atoms with Crippen LogP contribution in [0.25, 0.3) is 0 Å². The number of nitrogens with one attached hydrogen (secondary N) is 4. The normalized spacial score (nSPS) is 10.6. The predicted molar refractivity (Wildman–Crippen MR) is 153 cm³/mol. The standard InChI is InChI=1S/C29H33N7O2/c1-6-38-25-9-7-22(8-10-25)31-26(37)17-30-27-34-28(32-23-13-18(2)11-19(3)14-23)36-29(35-27)33-24-15-20(4)12-21(5)16-24/h7-16H,6,17H2,1-5H3,(H,31,37)(H3,30,32,33,34,35,36). The molecule has 0 saturated heterocycles. The Morgan fingerprint density at radius 2 is 1.16 bits per heavy atom. The summed E-state index contributed by atoms with van der Waals surface area (Å²) in [6, 6.07) is 19.5. The molecule has 4 N–H and O–H groups in total. The first kappa shape index (κ1) is 26.4. The van der Waals surface area contributed by atoms with E-state index in [0.29, 0.717) is 24.2 Å². The third-order valence-electron chi connectivity index (χ3n) is 5.45. The number of ether oxygens (including phenoxy) is 1. The van der Waals surface area contributed by atoms with Crippen molar-refractivity contribution in [3.63, 3.8) is 0 Å². The number of hydrogen-bond donors (Lipinski definition) is 4. The van der Waals surface area contributed by atoms with E-state index < -0.39 is 0 Å². The van der Waals surface area contributed by atoms with Crippen molar-refractivity contribution in [2.45, 2.75) is 34.6 Å². The highest BCUT2D eigenvalue weighted by Crippen LogP contribution is 2.22. The monoisotopic (exact) mass is 511 g/mol. The van der Waals surface area contributed by atoms with Gasteiger partial charge in [-0.05, 0) is 105 Å². The first-order valence-corrected chi connectivity index (χ1v) is 12.5. The van der Waals surface area contributed by atoms with E-state index in [1.165, 1.54) is 0 Å². The van der Waals surface area contributed by atoms with Gasteiger partial charge in [-0.1, -0.05) is 12.1 Å². The van der Waals surface area contributed by atoms with Gasteiger partial charge in [0.25, 0.3) is 0 Å². The summed E-state index contributed by atoms with van der Waals surface area (Å²) < 4.78 is 5.45. The summed E-state index contributed by atoms with van der Waals surface area (Å²) in [5, 5.41) is 12.4. The number of aromatic nitrogens is 3. The maximum atomic E-state index is 12.6. The maximum Gasteiger partial charge on any atom is 0.243 e. The highest BCUT2D eigenvalue weighted by molar-refractivity contribution is 5.93. The Hall–Kier alpha value is -4.66. The Morgan fingerprint density at radius 3 is 1.63 bits per heavy atom. The predicted octanol–water partition coefficient (Wildman–Crippen LogP) is 6.04. The molecule has 9 nitrogen and oxygen atoms in total. The van der Waals surface area contributed by atoms with Crippen molar-refractivity contribution in [1.82, 2.24) is 15.0 Å². The van der Waals surface area contributed by atoms with Gasteiger partial charge < -0.3 is 26.0 Å². The van der Waals surface area contributed by atoms with Crippen LogP contribution >= 0.6 is 0 Å². The van der Waals surface area contributed by atoms with Crippen LogP contribution in [0.15, 0.2) is 60.7 Å². The first-order chi connectivity index (χ1) is 18.2. The zero-order valence-corrected chi connectivity index (χ0v) is 22.3. The van der Waals surface area contributed by atoms with Gasteiger partial charge in [-0.25, -0.2) is 0 Å². The molecule has 0 aliphatic carbocycles. The fourth-order valence-electron chi connectivity index (χ4n) is 4.08. The van der Waals surface area contributed by atoms with Crippen LogP contribution in [0.2, 0.25) is 0 Å². The van der Waals surface area contributed by atoms with Crippen LogP contribution < -0.4 is 26.0 Å². The van der Waals surface area contributed by atoms with Crippen LogP contribution in [0.3, 0.4) is 0 Å². The van der Waals surface area contributed by atoms with E-state index in [1.54, 1.807) is 12.1 Å².